The van der Waals surface area contributed by atoms with Crippen LogP contribution in [0.4, 0.5) is 5.00 Å². The minimum absolute atomic E-state index is 0.000926. The molecule has 2 heterocycles. The van der Waals surface area contributed by atoms with Crippen LogP contribution in [0.25, 0.3) is 0 Å². The molecular formula is C19H18N2O6S. The molecule has 146 valence electrons. The lowest BCUT2D eigenvalue weighted by Crippen LogP contribution is -2.39. The zero-order valence-electron chi connectivity index (χ0n) is 14.9. The fourth-order valence-electron chi connectivity index (χ4n) is 3.28. The number of ether oxygens (including phenoxy) is 3. The Morgan fingerprint density at radius 1 is 1.21 bits per heavy atom. The molecule has 1 atom stereocenters. The molecule has 0 fully saturated rings. The van der Waals surface area contributed by atoms with Crippen LogP contribution in [0, 0.1) is 0 Å². The van der Waals surface area contributed by atoms with Crippen molar-refractivity contribution in [3.63, 3.8) is 0 Å². The van der Waals surface area contributed by atoms with Crippen LogP contribution in [0.5, 0.6) is 11.5 Å². The normalized spacial score (nSPS) is 16.9. The monoisotopic (exact) mass is 402 g/mol. The topological polar surface area (TPSA) is 117 Å². The van der Waals surface area contributed by atoms with Crippen molar-refractivity contribution in [3.05, 3.63) is 40.3 Å². The van der Waals surface area contributed by atoms with Gasteiger partial charge < -0.3 is 25.3 Å². The fraction of sp³-hybridized carbons (Fsp3) is 0.316. The first kappa shape index (κ1) is 18.3. The van der Waals surface area contributed by atoms with Crippen molar-refractivity contribution in [1.29, 1.82) is 0 Å². The number of amides is 2. The largest absolute Gasteiger partial charge is 0.485 e. The van der Waals surface area contributed by atoms with E-state index in [1.807, 2.05) is 0 Å². The minimum atomic E-state index is -0.950. The number of carbonyl (C=O) groups excluding carboxylic acids is 3. The van der Waals surface area contributed by atoms with E-state index >= 15 is 0 Å². The number of anilines is 1. The molecular weight excluding hydrogens is 384 g/mol. The number of aryl methyl sites for hydroxylation is 1. The van der Waals surface area contributed by atoms with Crippen LogP contribution in [0.15, 0.2) is 24.3 Å². The highest BCUT2D eigenvalue weighted by Crippen LogP contribution is 2.38. The predicted molar refractivity (Wildman–Crippen MR) is 101 cm³/mol. The highest BCUT2D eigenvalue weighted by atomic mass is 32.1. The fourth-order valence-corrected chi connectivity index (χ4v) is 4.59. The number of thiophene rings is 1. The molecule has 0 bridgehead atoms. The summed E-state index contributed by atoms with van der Waals surface area (Å²) in [4.78, 5) is 37.2. The Bertz CT molecular complexity index is 954. The van der Waals surface area contributed by atoms with E-state index in [-0.39, 0.29) is 6.61 Å². The number of rotatable bonds is 5. The van der Waals surface area contributed by atoms with Crippen LogP contribution < -0.4 is 20.5 Å². The highest BCUT2D eigenvalue weighted by Gasteiger charge is 2.30. The number of carbonyl (C=O) groups is 3. The maximum absolute atomic E-state index is 12.2. The van der Waals surface area contributed by atoms with Crippen LogP contribution in [0.3, 0.4) is 0 Å². The third kappa shape index (κ3) is 3.53. The van der Waals surface area contributed by atoms with Gasteiger partial charge in [0.1, 0.15) is 11.6 Å². The first-order valence-corrected chi connectivity index (χ1v) is 9.64. The molecule has 0 saturated heterocycles. The molecule has 0 radical (unpaired) electrons. The molecule has 2 amide bonds. The molecule has 0 saturated carbocycles. The summed E-state index contributed by atoms with van der Waals surface area (Å²) < 4.78 is 16.0. The number of fused-ring (bicyclic) bond motifs is 2. The van der Waals surface area contributed by atoms with Gasteiger partial charge >= 0.3 is 5.97 Å². The first-order chi connectivity index (χ1) is 13.5. The highest BCUT2D eigenvalue weighted by molar-refractivity contribution is 7.17. The number of hydrogen-bond donors (Lipinski definition) is 2. The van der Waals surface area contributed by atoms with E-state index in [9.17, 15) is 14.4 Å². The summed E-state index contributed by atoms with van der Waals surface area (Å²) in [5.74, 6) is -0.826. The number of hydrogen-bond acceptors (Lipinski definition) is 7. The van der Waals surface area contributed by atoms with Crippen molar-refractivity contribution in [1.82, 2.24) is 0 Å². The third-order valence-electron chi connectivity index (χ3n) is 4.54. The minimum Gasteiger partial charge on any atom is -0.485 e. The first-order valence-electron chi connectivity index (χ1n) is 8.82. The average molecular weight is 402 g/mol. The summed E-state index contributed by atoms with van der Waals surface area (Å²) in [6.45, 7) is -0.498. The van der Waals surface area contributed by atoms with E-state index in [1.165, 1.54) is 11.3 Å². The predicted octanol–water partition coefficient (Wildman–Crippen LogP) is 1.66. The Hall–Kier alpha value is -3.07. The molecule has 2 aliphatic rings. The second-order valence-corrected chi connectivity index (χ2v) is 7.55. The Morgan fingerprint density at radius 3 is 2.79 bits per heavy atom. The lowest BCUT2D eigenvalue weighted by molar-refractivity contribution is -0.156. The van der Waals surface area contributed by atoms with Crippen molar-refractivity contribution in [3.8, 4) is 11.5 Å². The van der Waals surface area contributed by atoms with Gasteiger partial charge in [-0.25, -0.2) is 4.79 Å². The molecule has 3 N–H and O–H groups in total. The van der Waals surface area contributed by atoms with Crippen LogP contribution in [0.2, 0.25) is 0 Å². The van der Waals surface area contributed by atoms with Crippen molar-refractivity contribution in [2.24, 2.45) is 5.73 Å². The Morgan fingerprint density at radius 2 is 2.00 bits per heavy atom. The summed E-state index contributed by atoms with van der Waals surface area (Å²) in [6, 6.07) is 6.98. The van der Waals surface area contributed by atoms with Gasteiger partial charge in [0.25, 0.3) is 11.8 Å². The van der Waals surface area contributed by atoms with Gasteiger partial charge in [-0.2, -0.15) is 0 Å². The molecule has 9 heteroatoms. The lowest BCUT2D eigenvalue weighted by atomic mass is 10.1. The van der Waals surface area contributed by atoms with Crippen LogP contribution in [0.1, 0.15) is 27.2 Å². The quantitative estimate of drug-likeness (QED) is 0.735. The molecule has 1 aliphatic heterocycles. The number of nitrogens with two attached hydrogens (primary N) is 1. The van der Waals surface area contributed by atoms with Gasteiger partial charge in [0.15, 0.2) is 18.1 Å². The maximum atomic E-state index is 12.2. The Labute approximate surface area is 164 Å². The number of nitrogens with one attached hydrogen (secondary N) is 1. The standard InChI is InChI=1S/C19H18N2O6S/c20-17(23)16-10-4-3-7-14(10)28-18(16)21-15(22)9-26-19(24)13-8-25-11-5-1-2-6-12(11)27-13/h1-2,5-6,13H,3-4,7-9H2,(H2,20,23)(H,21,22)/t13-/m1/s1. The van der Waals surface area contributed by atoms with Gasteiger partial charge in [-0.3, -0.25) is 9.59 Å². The summed E-state index contributed by atoms with van der Waals surface area (Å²) in [7, 11) is 0. The third-order valence-corrected chi connectivity index (χ3v) is 5.74. The van der Waals surface area contributed by atoms with Gasteiger partial charge in [-0.1, -0.05) is 12.1 Å². The Kier molecular flexibility index (Phi) is 4.91. The molecule has 1 aromatic carbocycles. The van der Waals surface area contributed by atoms with Crippen molar-refractivity contribution >= 4 is 34.1 Å². The maximum Gasteiger partial charge on any atom is 0.351 e. The molecule has 0 unspecified atom stereocenters. The Balaban J connectivity index is 1.34. The summed E-state index contributed by atoms with van der Waals surface area (Å²) in [5.41, 5.74) is 6.74. The van der Waals surface area contributed by atoms with E-state index < -0.39 is 30.5 Å². The van der Waals surface area contributed by atoms with E-state index in [2.05, 4.69) is 5.32 Å². The smallest absolute Gasteiger partial charge is 0.351 e. The van der Waals surface area contributed by atoms with Crippen molar-refractivity contribution in [2.75, 3.05) is 18.5 Å². The zero-order chi connectivity index (χ0) is 19.7. The van der Waals surface area contributed by atoms with Gasteiger partial charge in [-0.05, 0) is 37.0 Å². The van der Waals surface area contributed by atoms with Crippen LogP contribution >= 0.6 is 11.3 Å². The molecule has 28 heavy (non-hydrogen) atoms. The SMILES string of the molecule is NC(=O)c1c(NC(=O)COC(=O)[C@H]2COc3ccccc3O2)sc2c1CCC2. The average Bonchev–Trinajstić information content (AvgIpc) is 3.26. The number of esters is 1. The zero-order valence-corrected chi connectivity index (χ0v) is 15.7. The molecule has 8 nitrogen and oxygen atoms in total. The van der Waals surface area contributed by atoms with Crippen molar-refractivity contribution in [2.45, 2.75) is 25.4 Å². The number of primary amides is 1. The lowest BCUT2D eigenvalue weighted by Gasteiger charge is -2.24. The summed E-state index contributed by atoms with van der Waals surface area (Å²) in [6.07, 6.45) is 1.66. The van der Waals surface area contributed by atoms with E-state index in [0.29, 0.717) is 22.1 Å². The van der Waals surface area contributed by atoms with Gasteiger partial charge in [-0.15, -0.1) is 11.3 Å². The van der Waals surface area contributed by atoms with E-state index in [0.717, 1.165) is 29.7 Å². The van der Waals surface area contributed by atoms with Gasteiger partial charge in [0.05, 0.1) is 5.56 Å². The van der Waals surface area contributed by atoms with E-state index in [4.69, 9.17) is 19.9 Å². The molecule has 4 rings (SSSR count). The number of benzene rings is 1. The summed E-state index contributed by atoms with van der Waals surface area (Å²) in [5, 5.41) is 3.03. The van der Waals surface area contributed by atoms with Gasteiger partial charge in [0.2, 0.25) is 6.10 Å². The molecule has 1 aliphatic carbocycles. The second-order valence-electron chi connectivity index (χ2n) is 6.45. The van der Waals surface area contributed by atoms with E-state index in [1.54, 1.807) is 24.3 Å². The number of para-hydroxylation sites is 2. The van der Waals surface area contributed by atoms with Crippen LogP contribution in [-0.4, -0.2) is 37.1 Å². The van der Waals surface area contributed by atoms with Crippen LogP contribution in [-0.2, 0) is 27.2 Å². The van der Waals surface area contributed by atoms with Gasteiger partial charge in [0, 0.05) is 4.88 Å². The molecule has 1 aromatic heterocycles. The van der Waals surface area contributed by atoms with Crippen molar-refractivity contribution < 1.29 is 28.6 Å². The molecule has 0 spiro atoms. The summed E-state index contributed by atoms with van der Waals surface area (Å²) >= 11 is 1.34. The second kappa shape index (κ2) is 7.51. The molecule has 2 aromatic rings.